The first-order valence-corrected chi connectivity index (χ1v) is 8.66. The summed E-state index contributed by atoms with van der Waals surface area (Å²) >= 11 is 0. The van der Waals surface area contributed by atoms with Crippen LogP contribution in [-0.4, -0.2) is 26.0 Å². The maximum Gasteiger partial charge on any atom is 0.242 e. The van der Waals surface area contributed by atoms with Crippen molar-refractivity contribution in [3.05, 3.63) is 59.2 Å². The number of aliphatic hydroxyl groups is 1. The molecule has 0 fully saturated rings. The van der Waals surface area contributed by atoms with Gasteiger partial charge in [-0.3, -0.25) is 4.57 Å². The minimum atomic E-state index is -0.0396. The fourth-order valence-electron chi connectivity index (χ4n) is 3.74. The molecule has 4 rings (SSSR count). The van der Waals surface area contributed by atoms with Gasteiger partial charge in [-0.15, -0.1) is 0 Å². The third-order valence-electron chi connectivity index (χ3n) is 4.92. The number of aromatic nitrogens is 2. The van der Waals surface area contributed by atoms with Crippen molar-refractivity contribution in [2.75, 3.05) is 0 Å². The molecule has 27 heavy (non-hydrogen) atoms. The summed E-state index contributed by atoms with van der Waals surface area (Å²) in [5.74, 6) is 0.971. The Labute approximate surface area is 155 Å². The van der Waals surface area contributed by atoms with Crippen molar-refractivity contribution in [1.29, 1.82) is 0 Å². The molecule has 0 aliphatic heterocycles. The highest BCUT2D eigenvalue weighted by atomic mass is 16.5. The predicted octanol–water partition coefficient (Wildman–Crippen LogP) is 4.08. The smallest absolute Gasteiger partial charge is 0.242 e. The summed E-state index contributed by atoms with van der Waals surface area (Å²) in [4.78, 5) is 0. The molecule has 1 aliphatic carbocycles. The minimum absolute atomic E-state index is 0.0396. The number of nitrogens with two attached hydrogens (primary N) is 1. The molecule has 0 saturated heterocycles. The lowest BCUT2D eigenvalue weighted by Gasteiger charge is -2.15. The van der Waals surface area contributed by atoms with E-state index < -0.39 is 0 Å². The van der Waals surface area contributed by atoms with Crippen molar-refractivity contribution in [3.63, 3.8) is 0 Å². The van der Waals surface area contributed by atoms with Crippen molar-refractivity contribution in [3.8, 4) is 11.3 Å². The molecule has 7 nitrogen and oxygen atoms in total. The maximum atomic E-state index is 9.77. The quantitative estimate of drug-likeness (QED) is 0.275. The van der Waals surface area contributed by atoms with Gasteiger partial charge in [0.1, 0.15) is 5.76 Å². The van der Waals surface area contributed by atoms with Crippen LogP contribution in [-0.2, 0) is 0 Å². The highest BCUT2D eigenvalue weighted by molar-refractivity contribution is 6.07. The number of rotatable bonds is 2. The van der Waals surface area contributed by atoms with Crippen molar-refractivity contribution in [2.45, 2.75) is 26.7 Å². The Kier molecular flexibility index (Phi) is 3.99. The van der Waals surface area contributed by atoms with Crippen LogP contribution in [0.15, 0.2) is 51.9 Å². The molecule has 0 saturated carbocycles. The molecule has 0 bridgehead atoms. The third kappa shape index (κ3) is 2.59. The molecule has 7 heteroatoms. The van der Waals surface area contributed by atoms with Gasteiger partial charge in [0, 0.05) is 17.4 Å². The van der Waals surface area contributed by atoms with E-state index in [1.165, 1.54) is 0 Å². The lowest BCUT2D eigenvalue weighted by molar-refractivity contribution is 0.316. The third-order valence-corrected chi connectivity index (χ3v) is 4.92. The van der Waals surface area contributed by atoms with Crippen LogP contribution in [0.2, 0.25) is 0 Å². The van der Waals surface area contributed by atoms with Crippen molar-refractivity contribution in [1.82, 2.24) is 9.72 Å². The van der Waals surface area contributed by atoms with Gasteiger partial charge in [0.15, 0.2) is 0 Å². The van der Waals surface area contributed by atoms with Crippen LogP contribution < -0.4 is 5.73 Å². The molecular formula is C20H20N4O3. The second kappa shape index (κ2) is 6.35. The van der Waals surface area contributed by atoms with Crippen LogP contribution in [0.3, 0.4) is 0 Å². The van der Waals surface area contributed by atoms with Crippen LogP contribution in [0.4, 0.5) is 0 Å². The Bertz CT molecular complexity index is 1110. The van der Waals surface area contributed by atoms with Crippen LogP contribution in [0, 0.1) is 13.8 Å². The zero-order valence-corrected chi connectivity index (χ0v) is 15.1. The SMILES string of the molecule is Cc1noc(C)c1-c1c(C2=CC=C(O)CC2)c2ccccc2n1/C(N)=N/O. The fraction of sp³-hybridized carbons (Fsp3) is 0.200. The Morgan fingerprint density at radius 2 is 1.96 bits per heavy atom. The highest BCUT2D eigenvalue weighted by Gasteiger charge is 2.27. The number of hydrogen-bond acceptors (Lipinski definition) is 5. The average Bonchev–Trinajstić information content (AvgIpc) is 3.18. The summed E-state index contributed by atoms with van der Waals surface area (Å²) in [5.41, 5.74) is 11.2. The number of aliphatic hydroxyl groups excluding tert-OH is 1. The van der Waals surface area contributed by atoms with E-state index in [-0.39, 0.29) is 5.96 Å². The van der Waals surface area contributed by atoms with E-state index >= 15 is 0 Å². The van der Waals surface area contributed by atoms with Gasteiger partial charge >= 0.3 is 0 Å². The number of benzene rings is 1. The van der Waals surface area contributed by atoms with Gasteiger partial charge in [0.05, 0.1) is 28.2 Å². The average molecular weight is 364 g/mol. The largest absolute Gasteiger partial charge is 0.512 e. The molecule has 0 atom stereocenters. The van der Waals surface area contributed by atoms with E-state index in [1.807, 2.05) is 44.2 Å². The monoisotopic (exact) mass is 364 g/mol. The highest BCUT2D eigenvalue weighted by Crippen LogP contribution is 2.42. The van der Waals surface area contributed by atoms with E-state index in [4.69, 9.17) is 10.3 Å². The number of aryl methyl sites for hydroxylation is 2. The van der Waals surface area contributed by atoms with Gasteiger partial charge in [-0.25, -0.2) is 0 Å². The molecule has 1 aliphatic rings. The number of nitrogens with zero attached hydrogens (tertiary/aromatic N) is 3. The van der Waals surface area contributed by atoms with E-state index in [2.05, 4.69) is 10.3 Å². The van der Waals surface area contributed by atoms with Gasteiger partial charge in [0.25, 0.3) is 0 Å². The first-order chi connectivity index (χ1) is 13.0. The second-order valence-corrected chi connectivity index (χ2v) is 6.58. The predicted molar refractivity (Wildman–Crippen MR) is 104 cm³/mol. The van der Waals surface area contributed by atoms with Crippen molar-refractivity contribution < 1.29 is 14.8 Å². The maximum absolute atomic E-state index is 9.77. The molecule has 0 unspecified atom stereocenters. The summed E-state index contributed by atoms with van der Waals surface area (Å²) in [6, 6.07) is 7.80. The molecular weight excluding hydrogens is 344 g/mol. The van der Waals surface area contributed by atoms with Gasteiger partial charge in [-0.05, 0) is 38.0 Å². The van der Waals surface area contributed by atoms with E-state index in [9.17, 15) is 10.3 Å². The molecule has 1 aromatic carbocycles. The first-order valence-electron chi connectivity index (χ1n) is 8.66. The van der Waals surface area contributed by atoms with Gasteiger partial charge in [-0.1, -0.05) is 34.6 Å². The molecule has 138 valence electrons. The number of para-hydroxylation sites is 1. The molecule has 0 radical (unpaired) electrons. The summed E-state index contributed by atoms with van der Waals surface area (Å²) in [5, 5.41) is 27.5. The molecule has 0 spiro atoms. The zero-order valence-electron chi connectivity index (χ0n) is 15.1. The molecule has 4 N–H and O–H groups in total. The Morgan fingerprint density at radius 1 is 1.19 bits per heavy atom. The standard InChI is InChI=1S/C20H20N4O3/c1-11-17(12(2)27-23-11)19-18(13-7-9-14(25)10-8-13)15-5-3-4-6-16(15)24(19)20(21)22-26/h3-7,9,25-26H,8,10H2,1-2H3,(H2,21,22). The molecule has 2 heterocycles. The molecule has 0 amide bonds. The second-order valence-electron chi connectivity index (χ2n) is 6.58. The zero-order chi connectivity index (χ0) is 19.1. The number of hydrogen-bond donors (Lipinski definition) is 3. The number of allylic oxidation sites excluding steroid dienone is 4. The first kappa shape index (κ1) is 17.0. The number of fused-ring (bicyclic) bond motifs is 1. The van der Waals surface area contributed by atoms with E-state index in [1.54, 1.807) is 10.6 Å². The van der Waals surface area contributed by atoms with Crippen molar-refractivity contribution >= 4 is 22.4 Å². The van der Waals surface area contributed by atoms with Crippen LogP contribution in [0.1, 0.15) is 29.9 Å². The summed E-state index contributed by atoms with van der Waals surface area (Å²) in [6.07, 6.45) is 4.88. The van der Waals surface area contributed by atoms with Gasteiger partial charge in [-0.2, -0.15) is 0 Å². The minimum Gasteiger partial charge on any atom is -0.512 e. The fourth-order valence-corrected chi connectivity index (χ4v) is 3.74. The van der Waals surface area contributed by atoms with E-state index in [0.717, 1.165) is 39.0 Å². The van der Waals surface area contributed by atoms with E-state index in [0.29, 0.717) is 24.4 Å². The van der Waals surface area contributed by atoms with Crippen LogP contribution in [0.5, 0.6) is 0 Å². The topological polar surface area (TPSA) is 110 Å². The summed E-state index contributed by atoms with van der Waals surface area (Å²) < 4.78 is 7.11. The lowest BCUT2D eigenvalue weighted by Crippen LogP contribution is -2.23. The van der Waals surface area contributed by atoms with Gasteiger partial charge in [0.2, 0.25) is 5.96 Å². The van der Waals surface area contributed by atoms with Crippen LogP contribution >= 0.6 is 0 Å². The lowest BCUT2D eigenvalue weighted by atomic mass is 9.92. The van der Waals surface area contributed by atoms with Gasteiger partial charge < -0.3 is 20.6 Å². The molecule has 2 aromatic heterocycles. The summed E-state index contributed by atoms with van der Waals surface area (Å²) in [6.45, 7) is 3.71. The normalized spacial score (nSPS) is 15.1. The Hall–Kier alpha value is -3.48. The Morgan fingerprint density at radius 3 is 2.59 bits per heavy atom. The van der Waals surface area contributed by atoms with Crippen LogP contribution in [0.25, 0.3) is 27.7 Å². The Balaban J connectivity index is 2.18. The van der Waals surface area contributed by atoms with Crippen molar-refractivity contribution in [2.24, 2.45) is 10.9 Å². The summed E-state index contributed by atoms with van der Waals surface area (Å²) in [7, 11) is 0. The number of oxime groups is 1. The molecule has 3 aromatic rings.